The summed E-state index contributed by atoms with van der Waals surface area (Å²) in [4.78, 5) is 19.2. The van der Waals surface area contributed by atoms with Gasteiger partial charge < -0.3 is 14.6 Å². The molecule has 2 aromatic heterocycles. The van der Waals surface area contributed by atoms with Crippen molar-refractivity contribution in [1.29, 1.82) is 0 Å². The van der Waals surface area contributed by atoms with Crippen molar-refractivity contribution >= 4 is 23.3 Å². The number of nitrogens with one attached hydrogen (secondary N) is 1. The second kappa shape index (κ2) is 8.01. The predicted octanol–water partition coefficient (Wildman–Crippen LogP) is 3.72. The Kier molecular flexibility index (Phi) is 5.53. The number of carbonyl (C=O) groups is 1. The summed E-state index contributed by atoms with van der Waals surface area (Å²) in [7, 11) is 3.52. The van der Waals surface area contributed by atoms with Gasteiger partial charge in [-0.05, 0) is 31.2 Å². The van der Waals surface area contributed by atoms with Gasteiger partial charge in [-0.15, -0.1) is 11.3 Å². The molecule has 0 bridgehead atoms. The van der Waals surface area contributed by atoms with Gasteiger partial charge in [0.1, 0.15) is 17.6 Å². The molecule has 134 valence electrons. The van der Waals surface area contributed by atoms with E-state index in [1.165, 1.54) is 4.88 Å². The Morgan fingerprint density at radius 2 is 2.12 bits per heavy atom. The maximum Gasteiger partial charge on any atom is 0.244 e. The normalized spacial score (nSPS) is 12.3. The van der Waals surface area contributed by atoms with Crippen molar-refractivity contribution in [3.8, 4) is 5.75 Å². The van der Waals surface area contributed by atoms with Crippen LogP contribution in [0.2, 0.25) is 0 Å². The molecule has 0 saturated heterocycles. The molecule has 0 aliphatic carbocycles. The van der Waals surface area contributed by atoms with E-state index in [2.05, 4.69) is 10.3 Å². The molecule has 1 amide bonds. The zero-order valence-electron chi connectivity index (χ0n) is 15.0. The van der Waals surface area contributed by atoms with Gasteiger partial charge in [-0.1, -0.05) is 18.2 Å². The first-order chi connectivity index (χ1) is 12.6. The zero-order chi connectivity index (χ0) is 18.5. The SMILES string of the molecule is COc1ccccc1C(NC(=O)/C=C/c1ccc(C)s1)c1nccn1C. The fourth-order valence-corrected chi connectivity index (χ4v) is 3.51. The topological polar surface area (TPSA) is 56.1 Å². The lowest BCUT2D eigenvalue weighted by Gasteiger charge is -2.20. The summed E-state index contributed by atoms with van der Waals surface area (Å²) >= 11 is 1.65. The molecule has 0 saturated carbocycles. The summed E-state index contributed by atoms with van der Waals surface area (Å²) in [5.41, 5.74) is 0.859. The van der Waals surface area contributed by atoms with Crippen LogP contribution in [0.3, 0.4) is 0 Å². The smallest absolute Gasteiger partial charge is 0.244 e. The summed E-state index contributed by atoms with van der Waals surface area (Å²) in [5, 5.41) is 3.04. The highest BCUT2D eigenvalue weighted by atomic mass is 32.1. The molecule has 1 aromatic carbocycles. The van der Waals surface area contributed by atoms with Crippen LogP contribution in [0.25, 0.3) is 6.08 Å². The summed E-state index contributed by atoms with van der Waals surface area (Å²) in [6, 6.07) is 11.3. The van der Waals surface area contributed by atoms with Crippen molar-refractivity contribution in [2.45, 2.75) is 13.0 Å². The Morgan fingerprint density at radius 3 is 2.77 bits per heavy atom. The molecular formula is C20H21N3O2S. The number of hydrogen-bond donors (Lipinski definition) is 1. The number of nitrogens with zero attached hydrogens (tertiary/aromatic N) is 2. The highest BCUT2D eigenvalue weighted by molar-refractivity contribution is 7.12. The minimum atomic E-state index is -0.409. The van der Waals surface area contributed by atoms with Crippen LogP contribution in [0.15, 0.2) is 54.9 Å². The van der Waals surface area contributed by atoms with E-state index in [1.54, 1.807) is 30.7 Å². The van der Waals surface area contributed by atoms with Gasteiger partial charge in [-0.2, -0.15) is 0 Å². The quantitative estimate of drug-likeness (QED) is 0.676. The third-order valence-electron chi connectivity index (χ3n) is 4.01. The molecular weight excluding hydrogens is 346 g/mol. The number of ether oxygens (including phenoxy) is 1. The number of imidazole rings is 1. The van der Waals surface area contributed by atoms with E-state index < -0.39 is 6.04 Å². The van der Waals surface area contributed by atoms with Gasteiger partial charge in [-0.3, -0.25) is 4.79 Å². The van der Waals surface area contributed by atoms with Gasteiger partial charge in [0, 0.05) is 40.8 Å². The Bertz CT molecular complexity index is 927. The largest absolute Gasteiger partial charge is 0.496 e. The number of benzene rings is 1. The standard InChI is InChI=1S/C20H21N3O2S/c1-14-8-9-15(26-14)10-11-18(24)22-19(20-21-12-13-23(20)2)16-6-4-5-7-17(16)25-3/h4-13,19H,1-3H3,(H,22,24)/b11-10+. The van der Waals surface area contributed by atoms with Gasteiger partial charge in [0.15, 0.2) is 0 Å². The van der Waals surface area contributed by atoms with Gasteiger partial charge in [0.05, 0.1) is 7.11 Å². The Labute approximate surface area is 157 Å². The fraction of sp³-hybridized carbons (Fsp3) is 0.200. The van der Waals surface area contributed by atoms with E-state index in [0.717, 1.165) is 16.3 Å². The van der Waals surface area contributed by atoms with Crippen LogP contribution in [0, 0.1) is 6.92 Å². The molecule has 6 heteroatoms. The molecule has 26 heavy (non-hydrogen) atoms. The van der Waals surface area contributed by atoms with Crippen LogP contribution in [0.4, 0.5) is 0 Å². The molecule has 2 heterocycles. The summed E-state index contributed by atoms with van der Waals surface area (Å²) in [6.07, 6.45) is 6.95. The van der Waals surface area contributed by atoms with Crippen molar-refractivity contribution < 1.29 is 9.53 Å². The maximum atomic E-state index is 12.5. The average Bonchev–Trinajstić information content (AvgIpc) is 3.26. The van der Waals surface area contributed by atoms with Gasteiger partial charge in [0.2, 0.25) is 5.91 Å². The van der Waals surface area contributed by atoms with Crippen LogP contribution < -0.4 is 10.1 Å². The third-order valence-corrected chi connectivity index (χ3v) is 4.98. The van der Waals surface area contributed by atoms with Crippen molar-refractivity contribution in [3.05, 3.63) is 76.0 Å². The summed E-state index contributed by atoms with van der Waals surface area (Å²) in [5.74, 6) is 1.26. The van der Waals surface area contributed by atoms with E-state index in [1.807, 2.05) is 67.2 Å². The average molecular weight is 367 g/mol. The number of para-hydroxylation sites is 1. The lowest BCUT2D eigenvalue weighted by atomic mass is 10.0. The molecule has 0 aliphatic heterocycles. The van der Waals surface area contributed by atoms with E-state index >= 15 is 0 Å². The molecule has 5 nitrogen and oxygen atoms in total. The lowest BCUT2D eigenvalue weighted by Crippen LogP contribution is -2.30. The number of carbonyl (C=O) groups excluding carboxylic acids is 1. The number of thiophene rings is 1. The van der Waals surface area contributed by atoms with Gasteiger partial charge in [0.25, 0.3) is 0 Å². The Morgan fingerprint density at radius 1 is 1.31 bits per heavy atom. The number of aryl methyl sites for hydroxylation is 2. The third kappa shape index (κ3) is 4.03. The molecule has 1 N–H and O–H groups in total. The van der Waals surface area contributed by atoms with Crippen LogP contribution in [-0.2, 0) is 11.8 Å². The van der Waals surface area contributed by atoms with Crippen molar-refractivity contribution in [2.75, 3.05) is 7.11 Å². The second-order valence-electron chi connectivity index (χ2n) is 5.86. The van der Waals surface area contributed by atoms with Gasteiger partial charge in [-0.25, -0.2) is 4.98 Å². The van der Waals surface area contributed by atoms with E-state index in [4.69, 9.17) is 4.74 Å². The minimum absolute atomic E-state index is 0.185. The second-order valence-corrected chi connectivity index (χ2v) is 7.18. The first-order valence-electron chi connectivity index (χ1n) is 8.23. The molecule has 0 radical (unpaired) electrons. The number of aromatic nitrogens is 2. The highest BCUT2D eigenvalue weighted by Crippen LogP contribution is 2.29. The first-order valence-corrected chi connectivity index (χ1v) is 9.05. The molecule has 1 atom stereocenters. The minimum Gasteiger partial charge on any atom is -0.496 e. The summed E-state index contributed by atoms with van der Waals surface area (Å²) < 4.78 is 7.37. The molecule has 3 aromatic rings. The molecule has 1 unspecified atom stereocenters. The van der Waals surface area contributed by atoms with Crippen LogP contribution >= 0.6 is 11.3 Å². The monoisotopic (exact) mass is 367 g/mol. The Balaban J connectivity index is 1.88. The van der Waals surface area contributed by atoms with E-state index in [0.29, 0.717) is 5.75 Å². The van der Waals surface area contributed by atoms with Crippen molar-refractivity contribution in [3.63, 3.8) is 0 Å². The van der Waals surface area contributed by atoms with Crippen molar-refractivity contribution in [2.24, 2.45) is 7.05 Å². The molecule has 0 spiro atoms. The van der Waals surface area contributed by atoms with Crippen molar-refractivity contribution in [1.82, 2.24) is 14.9 Å². The highest BCUT2D eigenvalue weighted by Gasteiger charge is 2.23. The fourth-order valence-electron chi connectivity index (χ4n) is 2.73. The maximum absolute atomic E-state index is 12.5. The van der Waals surface area contributed by atoms with E-state index in [9.17, 15) is 4.79 Å². The Hall–Kier alpha value is -2.86. The van der Waals surface area contributed by atoms with E-state index in [-0.39, 0.29) is 5.91 Å². The van der Waals surface area contributed by atoms with Crippen LogP contribution in [0.5, 0.6) is 5.75 Å². The first kappa shape index (κ1) is 17.9. The summed E-state index contributed by atoms with van der Waals surface area (Å²) in [6.45, 7) is 2.04. The number of methoxy groups -OCH3 is 1. The number of hydrogen-bond acceptors (Lipinski definition) is 4. The lowest BCUT2D eigenvalue weighted by molar-refractivity contribution is -0.117. The molecule has 0 aliphatic rings. The number of amides is 1. The van der Waals surface area contributed by atoms with Crippen LogP contribution in [-0.4, -0.2) is 22.6 Å². The predicted molar refractivity (Wildman–Crippen MR) is 104 cm³/mol. The molecule has 0 fully saturated rings. The number of rotatable bonds is 6. The molecule has 3 rings (SSSR count). The zero-order valence-corrected chi connectivity index (χ0v) is 15.8. The van der Waals surface area contributed by atoms with Crippen LogP contribution in [0.1, 0.15) is 27.2 Å². The van der Waals surface area contributed by atoms with Gasteiger partial charge >= 0.3 is 0 Å².